The molecule has 3 aromatic rings. The minimum Gasteiger partial charge on any atom is -0.768 e. The van der Waals surface area contributed by atoms with E-state index in [0.29, 0.717) is 22.7 Å². The van der Waals surface area contributed by atoms with Gasteiger partial charge in [-0.05, 0) is 31.0 Å². The van der Waals surface area contributed by atoms with Crippen LogP contribution in [0, 0.1) is 13.8 Å². The molecule has 0 aliphatic carbocycles. The van der Waals surface area contributed by atoms with E-state index in [4.69, 9.17) is 9.47 Å². The lowest BCUT2D eigenvalue weighted by Gasteiger charge is -2.11. The van der Waals surface area contributed by atoms with Gasteiger partial charge in [0.05, 0.1) is 46.9 Å². The second-order valence-electron chi connectivity index (χ2n) is 5.83. The lowest BCUT2D eigenvalue weighted by atomic mass is 10.1. The maximum absolute atomic E-state index is 12.8. The van der Waals surface area contributed by atoms with E-state index in [-0.39, 0.29) is 21.3 Å². The number of nitrogens with zero attached hydrogens (tertiary/aromatic N) is 2. The number of aryl methyl sites for hydroxylation is 1. The number of ether oxygens (including phenoxy) is 2. The molecule has 0 bridgehead atoms. The van der Waals surface area contributed by atoms with Crippen LogP contribution in [-0.4, -0.2) is 42.1 Å². The third-order valence-electron chi connectivity index (χ3n) is 4.15. The van der Waals surface area contributed by atoms with Crippen molar-refractivity contribution in [2.24, 2.45) is 0 Å². The summed E-state index contributed by atoms with van der Waals surface area (Å²) < 4.78 is 46.3. The van der Waals surface area contributed by atoms with Crippen molar-refractivity contribution in [3.05, 3.63) is 35.2 Å². The van der Waals surface area contributed by atoms with Gasteiger partial charge in [0.1, 0.15) is 17.0 Å². The van der Waals surface area contributed by atoms with Crippen LogP contribution < -0.4 is 9.47 Å². The van der Waals surface area contributed by atoms with E-state index in [1.807, 2.05) is 13.8 Å². The molecule has 0 amide bonds. The van der Waals surface area contributed by atoms with E-state index in [2.05, 4.69) is 15.0 Å². The highest BCUT2D eigenvalue weighted by Gasteiger charge is 2.18. The van der Waals surface area contributed by atoms with Gasteiger partial charge in [-0.15, -0.1) is 0 Å². The van der Waals surface area contributed by atoms with Gasteiger partial charge in [0, 0.05) is 23.4 Å². The van der Waals surface area contributed by atoms with E-state index in [1.165, 1.54) is 13.2 Å². The van der Waals surface area contributed by atoms with Crippen molar-refractivity contribution in [1.82, 2.24) is 15.0 Å². The minimum absolute atomic E-state index is 0.0184. The van der Waals surface area contributed by atoms with Gasteiger partial charge in [-0.1, -0.05) is 0 Å². The van der Waals surface area contributed by atoms with Crippen LogP contribution in [0.25, 0.3) is 11.0 Å². The molecule has 1 unspecified atom stereocenters. The summed E-state index contributed by atoms with van der Waals surface area (Å²) in [4.78, 5) is 11.5. The summed E-state index contributed by atoms with van der Waals surface area (Å²) in [6, 6.07) is 2.98. The number of benzene rings is 1. The number of aromatic amines is 1. The van der Waals surface area contributed by atoms with Crippen molar-refractivity contribution in [2.45, 2.75) is 29.7 Å². The maximum Gasteiger partial charge on any atom is 0.197 e. The van der Waals surface area contributed by atoms with Gasteiger partial charge in [-0.25, -0.2) is 4.98 Å². The Balaban J connectivity index is 2.00. The van der Waals surface area contributed by atoms with Gasteiger partial charge in [-0.3, -0.25) is 13.4 Å². The molecule has 2 atom stereocenters. The predicted octanol–water partition coefficient (Wildman–Crippen LogP) is 2.14. The topological polar surface area (TPSA) is 117 Å². The summed E-state index contributed by atoms with van der Waals surface area (Å²) >= 11 is -2.50. The number of methoxy groups -OCH3 is 2. The first-order valence-electron chi connectivity index (χ1n) is 7.90. The number of imidazole rings is 1. The first kappa shape index (κ1) is 19.5. The molecule has 144 valence electrons. The van der Waals surface area contributed by atoms with Crippen LogP contribution in [0.1, 0.15) is 16.8 Å². The molecule has 0 radical (unpaired) electrons. The normalized spacial score (nSPS) is 13.5. The largest absolute Gasteiger partial charge is 0.768 e. The summed E-state index contributed by atoms with van der Waals surface area (Å²) in [5, 5.41) is 0.172. The number of fused-ring (bicyclic) bond motifs is 1. The number of hydrogen-bond acceptors (Lipinski definition) is 7. The number of H-pyrrole nitrogens is 1. The van der Waals surface area contributed by atoms with Crippen LogP contribution in [0.2, 0.25) is 0 Å². The molecule has 0 saturated carbocycles. The Kier molecular flexibility index (Phi) is 5.59. The molecule has 0 fully saturated rings. The first-order valence-corrected chi connectivity index (χ1v) is 10.3. The molecule has 27 heavy (non-hydrogen) atoms. The van der Waals surface area contributed by atoms with Crippen LogP contribution in [0.4, 0.5) is 0 Å². The molecule has 2 aromatic heterocycles. The highest BCUT2D eigenvalue weighted by Crippen LogP contribution is 2.28. The molecular formula is C17H18N3O5S2-. The molecule has 8 nitrogen and oxygen atoms in total. The number of aromatic nitrogens is 3. The molecule has 0 aliphatic heterocycles. The molecule has 0 aliphatic rings. The Morgan fingerprint density at radius 2 is 1.93 bits per heavy atom. The third-order valence-corrected chi connectivity index (χ3v) is 5.98. The second-order valence-corrected chi connectivity index (χ2v) is 8.11. The number of nitrogens with one attached hydrogen (secondary N) is 1. The Morgan fingerprint density at radius 1 is 1.19 bits per heavy atom. The highest BCUT2D eigenvalue weighted by molar-refractivity contribution is 7.84. The molecule has 1 N–H and O–H groups in total. The smallest absolute Gasteiger partial charge is 0.197 e. The van der Waals surface area contributed by atoms with Crippen LogP contribution >= 0.6 is 0 Å². The summed E-state index contributed by atoms with van der Waals surface area (Å²) in [5.41, 5.74) is 2.98. The third kappa shape index (κ3) is 3.73. The summed E-state index contributed by atoms with van der Waals surface area (Å²) in [5.74, 6) is 1.19. The second kappa shape index (κ2) is 7.75. The van der Waals surface area contributed by atoms with Crippen molar-refractivity contribution in [3.8, 4) is 11.5 Å². The van der Waals surface area contributed by atoms with E-state index < -0.39 is 21.9 Å². The Morgan fingerprint density at radius 3 is 2.56 bits per heavy atom. The van der Waals surface area contributed by atoms with Crippen molar-refractivity contribution in [3.63, 3.8) is 0 Å². The fourth-order valence-electron chi connectivity index (χ4n) is 2.80. The van der Waals surface area contributed by atoms with Crippen LogP contribution in [0.3, 0.4) is 0 Å². The number of rotatable bonds is 6. The number of pyridine rings is 1. The van der Waals surface area contributed by atoms with Crippen molar-refractivity contribution >= 4 is 32.9 Å². The lowest BCUT2D eigenvalue weighted by molar-refractivity contribution is 0.407. The van der Waals surface area contributed by atoms with Gasteiger partial charge in [-0.2, -0.15) is 0 Å². The average Bonchev–Trinajstić information content (AvgIpc) is 3.07. The van der Waals surface area contributed by atoms with Crippen LogP contribution in [0.5, 0.6) is 11.5 Å². The van der Waals surface area contributed by atoms with Crippen LogP contribution in [0.15, 0.2) is 28.4 Å². The lowest BCUT2D eigenvalue weighted by Crippen LogP contribution is -2.05. The SMILES string of the molecule is COc1cc(S(=O)[O-])c2nc([S@@](=O)Cc3ncc(C)c(OC)c3C)[nH]c2c1. The van der Waals surface area contributed by atoms with Crippen molar-refractivity contribution < 1.29 is 22.4 Å². The molecule has 1 aromatic carbocycles. The fraction of sp³-hybridized carbons (Fsp3) is 0.294. The van der Waals surface area contributed by atoms with Gasteiger partial charge in [0.25, 0.3) is 0 Å². The fourth-order valence-corrected chi connectivity index (χ4v) is 4.42. The van der Waals surface area contributed by atoms with Gasteiger partial charge in [0.15, 0.2) is 5.16 Å². The van der Waals surface area contributed by atoms with Gasteiger partial charge >= 0.3 is 0 Å². The average molecular weight is 408 g/mol. The Labute approximate surface area is 161 Å². The first-order chi connectivity index (χ1) is 12.8. The molecule has 3 rings (SSSR count). The Bertz CT molecular complexity index is 1060. The molecule has 0 saturated heterocycles. The zero-order chi connectivity index (χ0) is 19.7. The van der Waals surface area contributed by atoms with Gasteiger partial charge in [0.2, 0.25) is 0 Å². The zero-order valence-electron chi connectivity index (χ0n) is 15.2. The minimum atomic E-state index is -2.50. The Hall–Kier alpha value is -2.30. The summed E-state index contributed by atoms with van der Waals surface area (Å²) in [6.07, 6.45) is 1.67. The van der Waals surface area contributed by atoms with Crippen molar-refractivity contribution in [2.75, 3.05) is 14.2 Å². The van der Waals surface area contributed by atoms with Crippen LogP contribution in [-0.2, 0) is 27.6 Å². The summed E-state index contributed by atoms with van der Waals surface area (Å²) in [6.45, 7) is 3.74. The monoisotopic (exact) mass is 408 g/mol. The zero-order valence-corrected chi connectivity index (χ0v) is 16.8. The predicted molar refractivity (Wildman–Crippen MR) is 100 cm³/mol. The summed E-state index contributed by atoms with van der Waals surface area (Å²) in [7, 11) is 1.46. The standard InChI is InChI=1S/C17H19N3O5S2/c1-9-7-18-13(10(2)16(9)25-4)8-26(21)17-19-12-5-11(24-3)6-14(27(22)23)15(12)20-17/h5-7H,8H2,1-4H3,(H,19,20)(H,22,23)/p-1/t26-/m0/s1. The van der Waals surface area contributed by atoms with E-state index in [1.54, 1.807) is 19.4 Å². The van der Waals surface area contributed by atoms with E-state index in [0.717, 1.165) is 11.1 Å². The van der Waals surface area contributed by atoms with Gasteiger partial charge < -0.3 is 19.0 Å². The molecule has 2 heterocycles. The molecule has 10 heteroatoms. The molecule has 0 spiro atoms. The number of hydrogen-bond donors (Lipinski definition) is 1. The highest BCUT2D eigenvalue weighted by atomic mass is 32.2. The van der Waals surface area contributed by atoms with E-state index >= 15 is 0 Å². The molecular weight excluding hydrogens is 390 g/mol. The van der Waals surface area contributed by atoms with E-state index in [9.17, 15) is 13.0 Å². The quantitative estimate of drug-likeness (QED) is 0.621. The van der Waals surface area contributed by atoms with Crippen molar-refractivity contribution in [1.29, 1.82) is 0 Å². The maximum atomic E-state index is 12.8.